The molecule has 0 unspecified atom stereocenters. The van der Waals surface area contributed by atoms with Gasteiger partial charge in [-0.05, 0) is 18.6 Å². The second kappa shape index (κ2) is 6.09. The minimum absolute atomic E-state index is 0.0889. The molecule has 0 bridgehead atoms. The zero-order valence-corrected chi connectivity index (χ0v) is 13.1. The van der Waals surface area contributed by atoms with Crippen LogP contribution in [0.5, 0.6) is 0 Å². The topological polar surface area (TPSA) is 85.1 Å². The molecule has 0 saturated heterocycles. The van der Waals surface area contributed by atoms with E-state index >= 15 is 0 Å². The Morgan fingerprint density at radius 3 is 2.80 bits per heavy atom. The van der Waals surface area contributed by atoms with Crippen LogP contribution in [0.4, 0.5) is 5.69 Å². The van der Waals surface area contributed by atoms with Crippen LogP contribution in [0.3, 0.4) is 0 Å². The highest BCUT2D eigenvalue weighted by Gasteiger charge is 2.21. The van der Waals surface area contributed by atoms with Crippen molar-refractivity contribution >= 4 is 38.6 Å². The van der Waals surface area contributed by atoms with Crippen molar-refractivity contribution in [2.75, 3.05) is 5.73 Å². The van der Waals surface area contributed by atoms with Gasteiger partial charge in [0.25, 0.3) is 0 Å². The first-order valence-corrected chi connectivity index (χ1v) is 8.59. The quantitative estimate of drug-likeness (QED) is 0.824. The lowest BCUT2D eigenvalue weighted by atomic mass is 10.3. The summed E-state index contributed by atoms with van der Waals surface area (Å²) in [5, 5.41) is 0.807. The molecule has 0 atom stereocenters. The number of thiazole rings is 1. The van der Waals surface area contributed by atoms with Gasteiger partial charge in [0.05, 0.1) is 17.3 Å². The Kier molecular flexibility index (Phi) is 4.64. The van der Waals surface area contributed by atoms with Gasteiger partial charge in [0.1, 0.15) is 9.90 Å². The summed E-state index contributed by atoms with van der Waals surface area (Å²) in [5.74, 6) is 0. The van der Waals surface area contributed by atoms with Gasteiger partial charge in [0, 0.05) is 11.1 Å². The summed E-state index contributed by atoms with van der Waals surface area (Å²) < 4.78 is 26.9. The number of hydrogen-bond donors (Lipinski definition) is 2. The van der Waals surface area contributed by atoms with Crippen LogP contribution in [-0.2, 0) is 23.0 Å². The highest BCUT2D eigenvalue weighted by Crippen LogP contribution is 2.27. The molecule has 0 spiro atoms. The number of nitrogens with one attached hydrogen (secondary N) is 1. The third kappa shape index (κ3) is 3.29. The molecule has 0 radical (unpaired) electrons. The fraction of sp³-hybridized carbons (Fsp3) is 0.250. The Balaban J connectivity index is 2.19. The van der Waals surface area contributed by atoms with Crippen molar-refractivity contribution in [2.24, 2.45) is 0 Å². The van der Waals surface area contributed by atoms with E-state index in [9.17, 15) is 8.42 Å². The van der Waals surface area contributed by atoms with E-state index in [1.54, 1.807) is 12.3 Å². The molecule has 0 fully saturated rings. The second-order valence-electron chi connectivity index (χ2n) is 4.06. The SMILES string of the molecule is CCc1cnc(CNS(=O)(=O)c2c(N)cccc2Cl)s1. The number of halogens is 1. The van der Waals surface area contributed by atoms with Gasteiger partial charge in [-0.25, -0.2) is 18.1 Å². The Morgan fingerprint density at radius 1 is 1.45 bits per heavy atom. The predicted octanol–water partition coefficient (Wildman–Crippen LogP) is 2.42. The Labute approximate surface area is 126 Å². The molecule has 1 aromatic heterocycles. The average molecular weight is 332 g/mol. The lowest BCUT2D eigenvalue weighted by molar-refractivity contribution is 0.581. The number of rotatable bonds is 5. The maximum absolute atomic E-state index is 12.2. The van der Waals surface area contributed by atoms with Gasteiger partial charge in [-0.3, -0.25) is 0 Å². The molecule has 0 aliphatic rings. The van der Waals surface area contributed by atoms with E-state index in [1.165, 1.54) is 23.5 Å². The average Bonchev–Trinajstić information content (AvgIpc) is 2.84. The number of sulfonamides is 1. The lowest BCUT2D eigenvalue weighted by Gasteiger charge is -2.09. The monoisotopic (exact) mass is 331 g/mol. The fourth-order valence-corrected chi connectivity index (χ4v) is 4.19. The molecule has 3 N–H and O–H groups in total. The van der Waals surface area contributed by atoms with Crippen LogP contribution < -0.4 is 10.5 Å². The molecule has 0 aliphatic heterocycles. The van der Waals surface area contributed by atoms with E-state index in [4.69, 9.17) is 17.3 Å². The number of aromatic nitrogens is 1. The molecule has 1 heterocycles. The molecule has 1 aromatic carbocycles. The predicted molar refractivity (Wildman–Crippen MR) is 81.4 cm³/mol. The molecule has 2 rings (SSSR count). The van der Waals surface area contributed by atoms with Crippen molar-refractivity contribution < 1.29 is 8.42 Å². The van der Waals surface area contributed by atoms with Crippen molar-refractivity contribution in [2.45, 2.75) is 24.8 Å². The Hall–Kier alpha value is -1.15. The molecule has 0 amide bonds. The van der Waals surface area contributed by atoms with Gasteiger partial charge < -0.3 is 5.73 Å². The van der Waals surface area contributed by atoms with Crippen molar-refractivity contribution in [3.05, 3.63) is 39.3 Å². The number of hydrogen-bond acceptors (Lipinski definition) is 5. The van der Waals surface area contributed by atoms with E-state index in [2.05, 4.69) is 9.71 Å². The summed E-state index contributed by atoms with van der Waals surface area (Å²) >= 11 is 7.39. The van der Waals surface area contributed by atoms with Gasteiger partial charge in [0.15, 0.2) is 0 Å². The van der Waals surface area contributed by atoms with Gasteiger partial charge >= 0.3 is 0 Å². The molecule has 20 heavy (non-hydrogen) atoms. The normalized spacial score (nSPS) is 11.7. The lowest BCUT2D eigenvalue weighted by Crippen LogP contribution is -2.24. The third-order valence-electron chi connectivity index (χ3n) is 2.63. The van der Waals surface area contributed by atoms with Crippen LogP contribution in [0.15, 0.2) is 29.3 Å². The first-order valence-electron chi connectivity index (χ1n) is 5.91. The van der Waals surface area contributed by atoms with E-state index in [0.29, 0.717) is 5.01 Å². The van der Waals surface area contributed by atoms with Crippen LogP contribution in [0.2, 0.25) is 5.02 Å². The minimum Gasteiger partial charge on any atom is -0.398 e. The largest absolute Gasteiger partial charge is 0.398 e. The second-order valence-corrected chi connectivity index (χ2v) is 7.37. The first kappa shape index (κ1) is 15.2. The molecule has 0 saturated carbocycles. The van der Waals surface area contributed by atoms with Crippen LogP contribution in [0, 0.1) is 0 Å². The summed E-state index contributed by atoms with van der Waals surface area (Å²) in [4.78, 5) is 5.17. The molecule has 0 aliphatic carbocycles. The van der Waals surface area contributed by atoms with Crippen LogP contribution in [0.25, 0.3) is 0 Å². The first-order chi connectivity index (χ1) is 9.44. The smallest absolute Gasteiger partial charge is 0.244 e. The highest BCUT2D eigenvalue weighted by molar-refractivity contribution is 7.89. The maximum atomic E-state index is 12.2. The molecular weight excluding hydrogens is 318 g/mol. The van der Waals surface area contributed by atoms with E-state index in [1.807, 2.05) is 6.92 Å². The number of nitrogens with zero attached hydrogens (tertiary/aromatic N) is 1. The van der Waals surface area contributed by atoms with Crippen LogP contribution in [-0.4, -0.2) is 13.4 Å². The van der Waals surface area contributed by atoms with Crippen molar-refractivity contribution in [1.82, 2.24) is 9.71 Å². The number of aryl methyl sites for hydroxylation is 1. The Morgan fingerprint density at radius 2 is 2.20 bits per heavy atom. The molecular formula is C12H14ClN3O2S2. The molecule has 2 aromatic rings. The zero-order chi connectivity index (χ0) is 14.8. The summed E-state index contributed by atoms with van der Waals surface area (Å²) in [6, 6.07) is 4.59. The van der Waals surface area contributed by atoms with Gasteiger partial charge in [-0.15, -0.1) is 11.3 Å². The summed E-state index contributed by atoms with van der Waals surface area (Å²) in [5.41, 5.74) is 5.81. The van der Waals surface area contributed by atoms with E-state index in [0.717, 1.165) is 11.3 Å². The Bertz CT molecular complexity index is 693. The number of anilines is 1. The van der Waals surface area contributed by atoms with Crippen LogP contribution in [0.1, 0.15) is 16.8 Å². The number of nitrogen functional groups attached to an aromatic ring is 1. The van der Waals surface area contributed by atoms with Crippen molar-refractivity contribution in [1.29, 1.82) is 0 Å². The molecule has 5 nitrogen and oxygen atoms in total. The summed E-state index contributed by atoms with van der Waals surface area (Å²) in [6.45, 7) is 2.14. The summed E-state index contributed by atoms with van der Waals surface area (Å²) in [7, 11) is -3.76. The fourth-order valence-electron chi connectivity index (χ4n) is 1.63. The number of nitrogens with two attached hydrogens (primary N) is 1. The van der Waals surface area contributed by atoms with Gasteiger partial charge in [-0.1, -0.05) is 24.6 Å². The van der Waals surface area contributed by atoms with Crippen molar-refractivity contribution in [3.8, 4) is 0 Å². The van der Waals surface area contributed by atoms with E-state index in [-0.39, 0.29) is 22.2 Å². The standard InChI is InChI=1S/C12H14ClN3O2S2/c1-2-8-6-15-11(19-8)7-16-20(17,18)12-9(13)4-3-5-10(12)14/h3-6,16H,2,7,14H2,1H3. The number of benzene rings is 1. The minimum atomic E-state index is -3.76. The third-order valence-corrected chi connectivity index (χ3v) is 5.72. The molecule has 108 valence electrons. The van der Waals surface area contributed by atoms with Gasteiger partial charge in [0.2, 0.25) is 10.0 Å². The van der Waals surface area contributed by atoms with E-state index < -0.39 is 10.0 Å². The zero-order valence-electron chi connectivity index (χ0n) is 10.8. The van der Waals surface area contributed by atoms with Crippen molar-refractivity contribution in [3.63, 3.8) is 0 Å². The molecule has 8 heteroatoms. The van der Waals surface area contributed by atoms with Gasteiger partial charge in [-0.2, -0.15) is 0 Å². The maximum Gasteiger partial charge on any atom is 0.244 e. The summed E-state index contributed by atoms with van der Waals surface area (Å²) in [6.07, 6.45) is 2.63. The highest BCUT2D eigenvalue weighted by atomic mass is 35.5. The van der Waals surface area contributed by atoms with Crippen LogP contribution >= 0.6 is 22.9 Å².